The molecule has 0 bridgehead atoms. The summed E-state index contributed by atoms with van der Waals surface area (Å²) in [4.78, 5) is 0. The zero-order valence-electron chi connectivity index (χ0n) is 9.62. The van der Waals surface area contributed by atoms with Crippen LogP contribution in [0.15, 0.2) is 44.0 Å². The van der Waals surface area contributed by atoms with Crippen molar-refractivity contribution in [3.05, 3.63) is 49.5 Å². The molecular formula is C12H8Br2N4S. The molecule has 0 saturated heterocycles. The lowest BCUT2D eigenvalue weighted by Crippen LogP contribution is -2.04. The Balaban J connectivity index is 1.97. The van der Waals surface area contributed by atoms with Gasteiger partial charge < -0.3 is 0 Å². The Morgan fingerprint density at radius 2 is 1.95 bits per heavy atom. The van der Waals surface area contributed by atoms with Gasteiger partial charge in [-0.1, -0.05) is 30.3 Å². The first-order valence-corrected chi connectivity index (χ1v) is 7.89. The second-order valence-corrected chi connectivity index (χ2v) is 7.63. The molecule has 0 atom stereocenters. The van der Waals surface area contributed by atoms with Crippen LogP contribution in [0.5, 0.6) is 0 Å². The standard InChI is InChI=1S/C12H8Br2N4S/c13-10-6-9(11(14)19-10)12-15-16-17-18(12)7-8-4-2-1-3-5-8/h1-6H,7H2. The maximum absolute atomic E-state index is 4.11. The fourth-order valence-electron chi connectivity index (χ4n) is 1.75. The van der Waals surface area contributed by atoms with Crippen molar-refractivity contribution in [3.8, 4) is 11.4 Å². The zero-order valence-corrected chi connectivity index (χ0v) is 13.6. The van der Waals surface area contributed by atoms with E-state index >= 15 is 0 Å². The molecule has 4 nitrogen and oxygen atoms in total. The van der Waals surface area contributed by atoms with Crippen LogP contribution >= 0.6 is 43.2 Å². The van der Waals surface area contributed by atoms with E-state index in [2.05, 4.69) is 59.5 Å². The highest BCUT2D eigenvalue weighted by molar-refractivity contribution is 9.12. The van der Waals surface area contributed by atoms with Gasteiger partial charge in [0.15, 0.2) is 5.82 Å². The summed E-state index contributed by atoms with van der Waals surface area (Å²) in [5.74, 6) is 0.762. The third-order valence-electron chi connectivity index (χ3n) is 2.60. The van der Waals surface area contributed by atoms with Crippen molar-refractivity contribution in [2.45, 2.75) is 6.54 Å². The van der Waals surface area contributed by atoms with Gasteiger partial charge in [-0.3, -0.25) is 0 Å². The largest absolute Gasteiger partial charge is 0.221 e. The molecule has 7 heteroatoms. The first kappa shape index (κ1) is 13.0. The van der Waals surface area contributed by atoms with E-state index < -0.39 is 0 Å². The van der Waals surface area contributed by atoms with Crippen molar-refractivity contribution in [2.24, 2.45) is 0 Å². The van der Waals surface area contributed by atoms with E-state index in [1.807, 2.05) is 24.3 Å². The molecular weight excluding hydrogens is 392 g/mol. The maximum atomic E-state index is 4.11. The molecule has 1 aromatic carbocycles. The van der Waals surface area contributed by atoms with Gasteiger partial charge in [0.05, 0.1) is 14.1 Å². The summed E-state index contributed by atoms with van der Waals surface area (Å²) < 4.78 is 3.86. The van der Waals surface area contributed by atoms with E-state index in [1.165, 1.54) is 5.56 Å². The molecule has 0 radical (unpaired) electrons. The third-order valence-corrected chi connectivity index (χ3v) is 4.94. The van der Waals surface area contributed by atoms with E-state index in [0.717, 1.165) is 19.0 Å². The molecule has 0 unspecified atom stereocenters. The van der Waals surface area contributed by atoms with Crippen LogP contribution in [-0.2, 0) is 6.54 Å². The van der Waals surface area contributed by atoms with Crippen molar-refractivity contribution >= 4 is 43.2 Å². The van der Waals surface area contributed by atoms with Gasteiger partial charge in [0.1, 0.15) is 0 Å². The monoisotopic (exact) mass is 398 g/mol. The van der Waals surface area contributed by atoms with Gasteiger partial charge in [-0.15, -0.1) is 16.4 Å². The van der Waals surface area contributed by atoms with Crippen LogP contribution in [-0.4, -0.2) is 20.2 Å². The maximum Gasteiger partial charge on any atom is 0.184 e. The Morgan fingerprint density at radius 1 is 1.16 bits per heavy atom. The lowest BCUT2D eigenvalue weighted by atomic mass is 10.2. The molecule has 19 heavy (non-hydrogen) atoms. The lowest BCUT2D eigenvalue weighted by Gasteiger charge is -2.03. The fraction of sp³-hybridized carbons (Fsp3) is 0.0833. The topological polar surface area (TPSA) is 43.6 Å². The van der Waals surface area contributed by atoms with Crippen molar-refractivity contribution in [2.75, 3.05) is 0 Å². The number of thiophene rings is 1. The van der Waals surface area contributed by atoms with Crippen molar-refractivity contribution in [1.29, 1.82) is 0 Å². The molecule has 0 N–H and O–H groups in total. The highest BCUT2D eigenvalue weighted by Gasteiger charge is 2.15. The number of aromatic nitrogens is 4. The summed E-state index contributed by atoms with van der Waals surface area (Å²) in [6.45, 7) is 0.656. The van der Waals surface area contributed by atoms with Gasteiger partial charge in [0, 0.05) is 5.56 Å². The van der Waals surface area contributed by atoms with E-state index in [9.17, 15) is 0 Å². The van der Waals surface area contributed by atoms with Crippen LogP contribution in [0.1, 0.15) is 5.56 Å². The van der Waals surface area contributed by atoms with Crippen LogP contribution in [0.25, 0.3) is 11.4 Å². The molecule has 0 fully saturated rings. The number of hydrogen-bond acceptors (Lipinski definition) is 4. The Hall–Kier alpha value is -1.05. The Labute approximate surface area is 130 Å². The summed E-state index contributed by atoms with van der Waals surface area (Å²) in [6.07, 6.45) is 0. The third kappa shape index (κ3) is 2.77. The van der Waals surface area contributed by atoms with Gasteiger partial charge in [-0.25, -0.2) is 4.68 Å². The molecule has 2 aromatic heterocycles. The average molecular weight is 400 g/mol. The molecule has 2 heterocycles. The van der Waals surface area contributed by atoms with E-state index in [4.69, 9.17) is 0 Å². The van der Waals surface area contributed by atoms with Crippen LogP contribution < -0.4 is 0 Å². The Kier molecular flexibility index (Phi) is 3.76. The first-order chi connectivity index (χ1) is 9.24. The Morgan fingerprint density at radius 3 is 2.63 bits per heavy atom. The summed E-state index contributed by atoms with van der Waals surface area (Å²) in [6, 6.07) is 12.2. The molecule has 0 amide bonds. The SMILES string of the molecule is Brc1cc(-c2nnnn2Cc2ccccc2)c(Br)s1. The van der Waals surface area contributed by atoms with Gasteiger partial charge in [0.25, 0.3) is 0 Å². The summed E-state index contributed by atoms with van der Waals surface area (Å²) in [5, 5.41) is 12.0. The van der Waals surface area contributed by atoms with Crippen LogP contribution in [0, 0.1) is 0 Å². The second kappa shape index (κ2) is 5.52. The van der Waals surface area contributed by atoms with Crippen molar-refractivity contribution in [3.63, 3.8) is 0 Å². The first-order valence-electron chi connectivity index (χ1n) is 5.49. The highest BCUT2D eigenvalue weighted by Crippen LogP contribution is 2.37. The van der Waals surface area contributed by atoms with Gasteiger partial charge in [0.2, 0.25) is 0 Å². The number of rotatable bonds is 3. The predicted molar refractivity (Wildman–Crippen MR) is 82.1 cm³/mol. The van der Waals surface area contributed by atoms with Crippen molar-refractivity contribution in [1.82, 2.24) is 20.2 Å². The van der Waals surface area contributed by atoms with Crippen LogP contribution in [0.2, 0.25) is 0 Å². The van der Waals surface area contributed by atoms with Crippen molar-refractivity contribution < 1.29 is 0 Å². The van der Waals surface area contributed by atoms with Gasteiger partial charge in [-0.2, -0.15) is 0 Å². The highest BCUT2D eigenvalue weighted by atomic mass is 79.9. The number of hydrogen-bond donors (Lipinski definition) is 0. The molecule has 96 valence electrons. The normalized spacial score (nSPS) is 10.8. The summed E-state index contributed by atoms with van der Waals surface area (Å²) in [7, 11) is 0. The molecule has 0 spiro atoms. The summed E-state index contributed by atoms with van der Waals surface area (Å²) in [5.41, 5.74) is 2.17. The minimum absolute atomic E-state index is 0.656. The number of nitrogens with zero attached hydrogens (tertiary/aromatic N) is 4. The van der Waals surface area contributed by atoms with Crippen LogP contribution in [0.3, 0.4) is 0 Å². The van der Waals surface area contributed by atoms with E-state index in [-0.39, 0.29) is 0 Å². The van der Waals surface area contributed by atoms with E-state index in [0.29, 0.717) is 6.54 Å². The quantitative estimate of drug-likeness (QED) is 0.669. The Bertz CT molecular complexity index is 693. The molecule has 3 aromatic rings. The minimum Gasteiger partial charge on any atom is -0.221 e. The molecule has 0 aliphatic rings. The number of benzene rings is 1. The molecule has 0 saturated carbocycles. The molecule has 0 aliphatic carbocycles. The lowest BCUT2D eigenvalue weighted by molar-refractivity contribution is 0.653. The number of tetrazole rings is 1. The average Bonchev–Trinajstić information content (AvgIpc) is 2.97. The van der Waals surface area contributed by atoms with E-state index in [1.54, 1.807) is 16.0 Å². The van der Waals surface area contributed by atoms with Gasteiger partial charge >= 0.3 is 0 Å². The zero-order chi connectivity index (χ0) is 13.2. The smallest absolute Gasteiger partial charge is 0.184 e. The minimum atomic E-state index is 0.656. The number of halogens is 2. The van der Waals surface area contributed by atoms with Crippen LogP contribution in [0.4, 0.5) is 0 Å². The molecule has 3 rings (SSSR count). The molecule has 0 aliphatic heterocycles. The summed E-state index contributed by atoms with van der Waals surface area (Å²) >= 11 is 8.62. The fourth-order valence-corrected chi connectivity index (χ4v) is 4.54. The van der Waals surface area contributed by atoms with Gasteiger partial charge in [-0.05, 0) is 53.9 Å². The predicted octanol–water partition coefficient (Wildman–Crippen LogP) is 3.97. The second-order valence-electron chi connectivity index (χ2n) is 3.88.